The number of aromatic nitrogens is 3. The van der Waals surface area contributed by atoms with Crippen LogP contribution >= 0.6 is 0 Å². The summed E-state index contributed by atoms with van der Waals surface area (Å²) in [5.74, 6) is 1.09. The third-order valence-electron chi connectivity index (χ3n) is 3.67. The first kappa shape index (κ1) is 15.2. The molecule has 2 aromatic heterocycles. The number of carbonyl (C=O) groups excluding carboxylic acids is 1. The molecule has 0 aliphatic carbocycles. The minimum absolute atomic E-state index is 0.135. The molecule has 0 spiro atoms. The number of rotatable bonds is 5. The van der Waals surface area contributed by atoms with Crippen molar-refractivity contribution in [3.63, 3.8) is 0 Å². The van der Waals surface area contributed by atoms with Crippen LogP contribution in [0.5, 0.6) is 0 Å². The van der Waals surface area contributed by atoms with Gasteiger partial charge in [-0.1, -0.05) is 26.0 Å². The first-order valence-electron chi connectivity index (χ1n) is 7.79. The predicted molar refractivity (Wildman–Crippen MR) is 90.0 cm³/mol. The molecule has 2 N–H and O–H groups in total. The van der Waals surface area contributed by atoms with Crippen molar-refractivity contribution in [2.24, 2.45) is 5.92 Å². The Hall–Kier alpha value is -2.69. The molecule has 0 saturated carbocycles. The van der Waals surface area contributed by atoms with E-state index in [1.807, 2.05) is 24.3 Å². The van der Waals surface area contributed by atoms with Gasteiger partial charge in [0.25, 0.3) is 5.91 Å². The van der Waals surface area contributed by atoms with Crippen LogP contribution in [-0.4, -0.2) is 20.9 Å². The number of nitrogens with one attached hydrogen (secondary N) is 2. The standard InChI is InChI=1S/C18H20N4O/c1-12(2)10-16(22-18(23)13-6-5-9-19-11-13)17-20-14-7-3-4-8-15(14)21-17/h3-9,11-12,16H,10H2,1-2H3,(H,20,21)(H,22,23)/t16-/m1/s1. The number of H-pyrrole nitrogens is 1. The molecule has 0 fully saturated rings. The predicted octanol–water partition coefficient (Wildman–Crippen LogP) is 3.48. The van der Waals surface area contributed by atoms with E-state index in [0.29, 0.717) is 11.5 Å². The highest BCUT2D eigenvalue weighted by Gasteiger charge is 2.20. The van der Waals surface area contributed by atoms with Crippen LogP contribution in [0.1, 0.15) is 42.5 Å². The molecular weight excluding hydrogens is 288 g/mol. The highest BCUT2D eigenvalue weighted by molar-refractivity contribution is 5.94. The SMILES string of the molecule is CC(C)C[C@@H](NC(=O)c1cccnc1)c1nc2ccccc2[nH]1. The first-order chi connectivity index (χ1) is 11.1. The van der Waals surface area contributed by atoms with E-state index in [-0.39, 0.29) is 11.9 Å². The van der Waals surface area contributed by atoms with Gasteiger partial charge >= 0.3 is 0 Å². The molecule has 1 amide bonds. The molecule has 0 bridgehead atoms. The number of para-hydroxylation sites is 2. The Morgan fingerprint density at radius 2 is 2.04 bits per heavy atom. The Balaban J connectivity index is 1.87. The molecule has 5 heteroatoms. The number of nitrogens with zero attached hydrogens (tertiary/aromatic N) is 2. The van der Waals surface area contributed by atoms with Gasteiger partial charge in [-0.3, -0.25) is 9.78 Å². The topological polar surface area (TPSA) is 70.7 Å². The van der Waals surface area contributed by atoms with Gasteiger partial charge < -0.3 is 10.3 Å². The Morgan fingerprint density at radius 3 is 2.74 bits per heavy atom. The minimum Gasteiger partial charge on any atom is -0.342 e. The lowest BCUT2D eigenvalue weighted by molar-refractivity contribution is 0.0929. The van der Waals surface area contributed by atoms with Crippen molar-refractivity contribution in [3.8, 4) is 0 Å². The van der Waals surface area contributed by atoms with Crippen molar-refractivity contribution in [1.29, 1.82) is 0 Å². The van der Waals surface area contributed by atoms with E-state index in [9.17, 15) is 4.79 Å². The summed E-state index contributed by atoms with van der Waals surface area (Å²) < 4.78 is 0. The fourth-order valence-electron chi connectivity index (χ4n) is 2.59. The van der Waals surface area contributed by atoms with Gasteiger partial charge in [-0.05, 0) is 36.6 Å². The van der Waals surface area contributed by atoms with Crippen LogP contribution in [-0.2, 0) is 0 Å². The molecule has 5 nitrogen and oxygen atoms in total. The number of carbonyl (C=O) groups is 1. The summed E-state index contributed by atoms with van der Waals surface area (Å²) >= 11 is 0. The van der Waals surface area contributed by atoms with E-state index in [4.69, 9.17) is 0 Å². The number of hydrogen-bond acceptors (Lipinski definition) is 3. The maximum Gasteiger partial charge on any atom is 0.253 e. The number of pyridine rings is 1. The largest absolute Gasteiger partial charge is 0.342 e. The van der Waals surface area contributed by atoms with Gasteiger partial charge in [-0.2, -0.15) is 0 Å². The molecule has 3 aromatic rings. The van der Waals surface area contributed by atoms with E-state index in [1.165, 1.54) is 0 Å². The molecule has 3 rings (SSSR count). The third-order valence-corrected chi connectivity index (χ3v) is 3.67. The second-order valence-corrected chi connectivity index (χ2v) is 6.04. The fourth-order valence-corrected chi connectivity index (χ4v) is 2.59. The summed E-state index contributed by atoms with van der Waals surface area (Å²) in [6, 6.07) is 11.2. The Bertz CT molecular complexity index is 762. The van der Waals surface area contributed by atoms with E-state index < -0.39 is 0 Å². The Morgan fingerprint density at radius 1 is 1.22 bits per heavy atom. The summed E-state index contributed by atoms with van der Waals surface area (Å²) in [5, 5.41) is 3.07. The summed E-state index contributed by atoms with van der Waals surface area (Å²) in [7, 11) is 0. The van der Waals surface area contributed by atoms with Gasteiger partial charge in [-0.25, -0.2) is 4.98 Å². The van der Waals surface area contributed by atoms with Gasteiger partial charge in [-0.15, -0.1) is 0 Å². The van der Waals surface area contributed by atoms with E-state index in [2.05, 4.69) is 34.1 Å². The minimum atomic E-state index is -0.157. The van der Waals surface area contributed by atoms with Gasteiger partial charge in [0.2, 0.25) is 0 Å². The van der Waals surface area contributed by atoms with Crippen molar-refractivity contribution >= 4 is 16.9 Å². The number of aromatic amines is 1. The van der Waals surface area contributed by atoms with Crippen molar-refractivity contribution in [2.45, 2.75) is 26.3 Å². The van der Waals surface area contributed by atoms with Crippen LogP contribution in [0.15, 0.2) is 48.8 Å². The molecule has 1 aromatic carbocycles. The summed E-state index contributed by atoms with van der Waals surface area (Å²) in [4.78, 5) is 24.4. The van der Waals surface area contributed by atoms with Crippen LogP contribution in [0.25, 0.3) is 11.0 Å². The molecule has 0 aliphatic rings. The second kappa shape index (κ2) is 6.60. The monoisotopic (exact) mass is 308 g/mol. The van der Waals surface area contributed by atoms with E-state index in [1.54, 1.807) is 24.5 Å². The first-order valence-corrected chi connectivity index (χ1v) is 7.79. The molecule has 0 unspecified atom stereocenters. The van der Waals surface area contributed by atoms with Gasteiger partial charge in [0.05, 0.1) is 22.6 Å². The van der Waals surface area contributed by atoms with Crippen molar-refractivity contribution in [2.75, 3.05) is 0 Å². The second-order valence-electron chi connectivity index (χ2n) is 6.04. The quantitative estimate of drug-likeness (QED) is 0.758. The smallest absolute Gasteiger partial charge is 0.253 e. The average Bonchev–Trinajstić information content (AvgIpc) is 2.98. The maximum absolute atomic E-state index is 12.4. The zero-order chi connectivity index (χ0) is 16.2. The summed E-state index contributed by atoms with van der Waals surface area (Å²) in [5.41, 5.74) is 2.44. The third kappa shape index (κ3) is 3.56. The van der Waals surface area contributed by atoms with E-state index >= 15 is 0 Å². The lowest BCUT2D eigenvalue weighted by Gasteiger charge is -2.18. The maximum atomic E-state index is 12.4. The lowest BCUT2D eigenvalue weighted by atomic mass is 10.0. The highest BCUT2D eigenvalue weighted by atomic mass is 16.1. The van der Waals surface area contributed by atoms with Crippen molar-refractivity contribution in [3.05, 3.63) is 60.2 Å². The summed E-state index contributed by atoms with van der Waals surface area (Å²) in [6.07, 6.45) is 4.04. The van der Waals surface area contributed by atoms with Crippen LogP contribution in [0, 0.1) is 5.92 Å². The van der Waals surface area contributed by atoms with Crippen molar-refractivity contribution in [1.82, 2.24) is 20.3 Å². The van der Waals surface area contributed by atoms with Gasteiger partial charge in [0.15, 0.2) is 0 Å². The normalized spacial score (nSPS) is 12.5. The van der Waals surface area contributed by atoms with Gasteiger partial charge in [0.1, 0.15) is 5.82 Å². The van der Waals surface area contributed by atoms with Crippen LogP contribution in [0.3, 0.4) is 0 Å². The molecule has 118 valence electrons. The molecule has 2 heterocycles. The molecule has 0 aliphatic heterocycles. The Kier molecular flexibility index (Phi) is 4.37. The molecule has 1 atom stereocenters. The van der Waals surface area contributed by atoms with Crippen LogP contribution in [0.4, 0.5) is 0 Å². The number of hydrogen-bond donors (Lipinski definition) is 2. The zero-order valence-corrected chi connectivity index (χ0v) is 13.3. The van der Waals surface area contributed by atoms with Crippen LogP contribution in [0.2, 0.25) is 0 Å². The average molecular weight is 308 g/mol. The van der Waals surface area contributed by atoms with Crippen LogP contribution < -0.4 is 5.32 Å². The van der Waals surface area contributed by atoms with Crippen molar-refractivity contribution < 1.29 is 4.79 Å². The lowest BCUT2D eigenvalue weighted by Crippen LogP contribution is -2.30. The Labute approximate surface area is 135 Å². The fraction of sp³-hybridized carbons (Fsp3) is 0.278. The number of fused-ring (bicyclic) bond motifs is 1. The highest BCUT2D eigenvalue weighted by Crippen LogP contribution is 2.22. The number of amides is 1. The number of imidazole rings is 1. The molecule has 23 heavy (non-hydrogen) atoms. The molecule has 0 radical (unpaired) electrons. The molecule has 0 saturated heterocycles. The number of benzene rings is 1. The zero-order valence-electron chi connectivity index (χ0n) is 13.3. The molecular formula is C18H20N4O. The van der Waals surface area contributed by atoms with E-state index in [0.717, 1.165) is 23.3 Å². The van der Waals surface area contributed by atoms with Gasteiger partial charge in [0, 0.05) is 12.4 Å². The summed E-state index contributed by atoms with van der Waals surface area (Å²) in [6.45, 7) is 4.26.